The minimum Gasteiger partial charge on any atom is -0.454 e. The molecule has 0 saturated carbocycles. The van der Waals surface area contributed by atoms with Crippen LogP contribution in [0.1, 0.15) is 27.9 Å². The van der Waals surface area contributed by atoms with Gasteiger partial charge in [0.1, 0.15) is 0 Å². The summed E-state index contributed by atoms with van der Waals surface area (Å²) in [6, 6.07) is 12.6. The average molecular weight is 326 g/mol. The van der Waals surface area contributed by atoms with E-state index in [4.69, 9.17) is 15.2 Å². The molecular formula is C18H18N2O4. The SMILES string of the molecule is NC(=O)c1cccc(CNC(=O)CCc2ccc3c(c2)OCO3)c1. The first-order valence-corrected chi connectivity index (χ1v) is 7.66. The third-order valence-electron chi connectivity index (χ3n) is 3.78. The molecule has 2 aromatic rings. The second-order valence-corrected chi connectivity index (χ2v) is 5.53. The number of hydrogen-bond acceptors (Lipinski definition) is 4. The van der Waals surface area contributed by atoms with Gasteiger partial charge in [0.15, 0.2) is 11.5 Å². The van der Waals surface area contributed by atoms with Gasteiger partial charge < -0.3 is 20.5 Å². The Morgan fingerprint density at radius 3 is 2.71 bits per heavy atom. The number of benzene rings is 2. The monoisotopic (exact) mass is 326 g/mol. The number of nitrogens with two attached hydrogens (primary N) is 1. The highest BCUT2D eigenvalue weighted by molar-refractivity contribution is 5.92. The molecule has 6 nitrogen and oxygen atoms in total. The summed E-state index contributed by atoms with van der Waals surface area (Å²) in [4.78, 5) is 23.1. The molecule has 0 atom stereocenters. The van der Waals surface area contributed by atoms with Crippen LogP contribution in [-0.4, -0.2) is 18.6 Å². The fourth-order valence-electron chi connectivity index (χ4n) is 2.48. The Morgan fingerprint density at radius 2 is 1.88 bits per heavy atom. The van der Waals surface area contributed by atoms with Gasteiger partial charge in [-0.3, -0.25) is 9.59 Å². The Bertz CT molecular complexity index is 773. The van der Waals surface area contributed by atoms with E-state index in [-0.39, 0.29) is 12.7 Å². The van der Waals surface area contributed by atoms with Crippen molar-refractivity contribution in [1.82, 2.24) is 5.32 Å². The van der Waals surface area contributed by atoms with Gasteiger partial charge in [-0.2, -0.15) is 0 Å². The average Bonchev–Trinajstić information content (AvgIpc) is 3.06. The van der Waals surface area contributed by atoms with E-state index < -0.39 is 5.91 Å². The van der Waals surface area contributed by atoms with Gasteiger partial charge in [0.2, 0.25) is 18.6 Å². The molecule has 6 heteroatoms. The number of fused-ring (bicyclic) bond motifs is 1. The fraction of sp³-hybridized carbons (Fsp3) is 0.222. The van der Waals surface area contributed by atoms with E-state index in [0.717, 1.165) is 22.6 Å². The molecular weight excluding hydrogens is 308 g/mol. The second-order valence-electron chi connectivity index (χ2n) is 5.53. The number of aryl methyl sites for hydroxylation is 1. The van der Waals surface area contributed by atoms with E-state index in [1.54, 1.807) is 18.2 Å². The number of rotatable bonds is 6. The summed E-state index contributed by atoms with van der Waals surface area (Å²) >= 11 is 0. The zero-order valence-electron chi connectivity index (χ0n) is 13.1. The maximum Gasteiger partial charge on any atom is 0.248 e. The van der Waals surface area contributed by atoms with E-state index in [1.807, 2.05) is 24.3 Å². The molecule has 0 spiro atoms. The Labute approximate surface area is 139 Å². The number of nitrogens with one attached hydrogen (secondary N) is 1. The van der Waals surface area contributed by atoms with Gasteiger partial charge in [-0.1, -0.05) is 18.2 Å². The molecule has 1 aliphatic rings. The minimum absolute atomic E-state index is 0.0582. The highest BCUT2D eigenvalue weighted by atomic mass is 16.7. The minimum atomic E-state index is -0.481. The number of primary amides is 1. The summed E-state index contributed by atoms with van der Waals surface area (Å²) in [5.74, 6) is 0.914. The van der Waals surface area contributed by atoms with Crippen LogP contribution in [0.2, 0.25) is 0 Å². The Kier molecular flexibility index (Phi) is 4.65. The largest absolute Gasteiger partial charge is 0.454 e. The molecule has 0 unspecified atom stereocenters. The van der Waals surface area contributed by atoms with E-state index in [0.29, 0.717) is 24.9 Å². The van der Waals surface area contributed by atoms with Gasteiger partial charge in [-0.25, -0.2) is 0 Å². The lowest BCUT2D eigenvalue weighted by molar-refractivity contribution is -0.121. The highest BCUT2D eigenvalue weighted by Gasteiger charge is 2.13. The van der Waals surface area contributed by atoms with Crippen molar-refractivity contribution in [2.24, 2.45) is 5.73 Å². The Balaban J connectivity index is 1.49. The smallest absolute Gasteiger partial charge is 0.248 e. The molecule has 2 amide bonds. The molecule has 1 heterocycles. The standard InChI is InChI=1S/C18H18N2O4/c19-18(22)14-3-1-2-13(8-14)10-20-17(21)7-5-12-4-6-15-16(9-12)24-11-23-15/h1-4,6,8-9H,5,7,10-11H2,(H2,19,22)(H,20,21). The zero-order valence-corrected chi connectivity index (χ0v) is 13.1. The van der Waals surface area contributed by atoms with Gasteiger partial charge in [0, 0.05) is 18.5 Å². The van der Waals surface area contributed by atoms with E-state index >= 15 is 0 Å². The molecule has 0 saturated heterocycles. The van der Waals surface area contributed by atoms with Gasteiger partial charge in [0.05, 0.1) is 0 Å². The van der Waals surface area contributed by atoms with Crippen LogP contribution in [0.25, 0.3) is 0 Å². The van der Waals surface area contributed by atoms with Crippen molar-refractivity contribution in [2.75, 3.05) is 6.79 Å². The summed E-state index contributed by atoms with van der Waals surface area (Å²) < 4.78 is 10.6. The number of carbonyl (C=O) groups excluding carboxylic acids is 2. The van der Waals surface area contributed by atoms with Crippen molar-refractivity contribution in [3.63, 3.8) is 0 Å². The first-order valence-electron chi connectivity index (χ1n) is 7.66. The molecule has 0 bridgehead atoms. The van der Waals surface area contributed by atoms with Crippen LogP contribution in [0, 0.1) is 0 Å². The number of hydrogen-bond donors (Lipinski definition) is 2. The first-order chi connectivity index (χ1) is 11.6. The predicted molar refractivity (Wildman–Crippen MR) is 87.7 cm³/mol. The maximum atomic E-state index is 12.0. The summed E-state index contributed by atoms with van der Waals surface area (Å²) in [5.41, 5.74) is 7.53. The third-order valence-corrected chi connectivity index (χ3v) is 3.78. The zero-order chi connectivity index (χ0) is 16.9. The molecule has 3 rings (SSSR count). The lowest BCUT2D eigenvalue weighted by atomic mass is 10.1. The summed E-state index contributed by atoms with van der Waals surface area (Å²) in [5, 5.41) is 2.84. The van der Waals surface area contributed by atoms with Crippen LogP contribution < -0.4 is 20.5 Å². The quantitative estimate of drug-likeness (QED) is 0.846. The third kappa shape index (κ3) is 3.84. The molecule has 24 heavy (non-hydrogen) atoms. The highest BCUT2D eigenvalue weighted by Crippen LogP contribution is 2.32. The van der Waals surface area contributed by atoms with E-state index in [2.05, 4.69) is 5.32 Å². The van der Waals surface area contributed by atoms with Gasteiger partial charge in [0.25, 0.3) is 0 Å². The van der Waals surface area contributed by atoms with Crippen LogP contribution in [-0.2, 0) is 17.8 Å². The van der Waals surface area contributed by atoms with Crippen LogP contribution in [0.3, 0.4) is 0 Å². The molecule has 124 valence electrons. The lowest BCUT2D eigenvalue weighted by Gasteiger charge is -2.07. The van der Waals surface area contributed by atoms with Gasteiger partial charge >= 0.3 is 0 Å². The normalized spacial score (nSPS) is 12.0. The first kappa shape index (κ1) is 15.9. The number of carbonyl (C=O) groups is 2. The molecule has 0 radical (unpaired) electrons. The fourth-order valence-corrected chi connectivity index (χ4v) is 2.48. The topological polar surface area (TPSA) is 90.7 Å². The van der Waals surface area contributed by atoms with Crippen molar-refractivity contribution in [2.45, 2.75) is 19.4 Å². The molecule has 1 aliphatic heterocycles. The molecule has 3 N–H and O–H groups in total. The van der Waals surface area contributed by atoms with E-state index in [1.165, 1.54) is 0 Å². The summed E-state index contributed by atoms with van der Waals surface area (Å²) in [7, 11) is 0. The summed E-state index contributed by atoms with van der Waals surface area (Å²) in [6.45, 7) is 0.602. The summed E-state index contributed by atoms with van der Waals surface area (Å²) in [6.07, 6.45) is 0.985. The second kappa shape index (κ2) is 7.04. The molecule has 2 aromatic carbocycles. The number of ether oxygens (including phenoxy) is 2. The Hall–Kier alpha value is -3.02. The molecule has 0 aromatic heterocycles. The van der Waals surface area contributed by atoms with Crippen molar-refractivity contribution in [3.05, 3.63) is 59.2 Å². The van der Waals surface area contributed by atoms with Gasteiger partial charge in [-0.15, -0.1) is 0 Å². The van der Waals surface area contributed by atoms with Crippen molar-refractivity contribution in [1.29, 1.82) is 0 Å². The van der Waals surface area contributed by atoms with Crippen LogP contribution in [0.4, 0.5) is 0 Å². The maximum absolute atomic E-state index is 12.0. The van der Waals surface area contributed by atoms with Crippen LogP contribution in [0.5, 0.6) is 11.5 Å². The van der Waals surface area contributed by atoms with Crippen LogP contribution in [0.15, 0.2) is 42.5 Å². The van der Waals surface area contributed by atoms with Crippen LogP contribution >= 0.6 is 0 Å². The van der Waals surface area contributed by atoms with Crippen molar-refractivity contribution < 1.29 is 19.1 Å². The van der Waals surface area contributed by atoms with E-state index in [9.17, 15) is 9.59 Å². The van der Waals surface area contributed by atoms with Crippen molar-refractivity contribution >= 4 is 11.8 Å². The molecule has 0 fully saturated rings. The predicted octanol–water partition coefficient (Wildman–Crippen LogP) is 1.76. The van der Waals surface area contributed by atoms with Gasteiger partial charge in [-0.05, 0) is 41.8 Å². The van der Waals surface area contributed by atoms with Crippen molar-refractivity contribution in [3.8, 4) is 11.5 Å². The Morgan fingerprint density at radius 1 is 1.04 bits per heavy atom. The lowest BCUT2D eigenvalue weighted by Crippen LogP contribution is -2.23. The molecule has 0 aliphatic carbocycles. The number of amides is 2.